The second-order valence-electron chi connectivity index (χ2n) is 26.7. The number of carboxylic acid groups (broad SMARTS) is 2. The molecule has 0 bridgehead atoms. The highest BCUT2D eigenvalue weighted by Gasteiger charge is 2.39. The Morgan fingerprint density at radius 1 is 0.518 bits per heavy atom. The first-order valence-electron chi connectivity index (χ1n) is 36.8. The fourth-order valence-corrected chi connectivity index (χ4v) is 13.1. The van der Waals surface area contributed by atoms with Gasteiger partial charge in [-0.3, -0.25) is 81.9 Å². The zero-order chi connectivity index (χ0) is 85.0. The second kappa shape index (κ2) is 52.4. The number of carboxylic acids is 2. The summed E-state index contributed by atoms with van der Waals surface area (Å²) in [5.41, 5.74) is 34.5. The van der Waals surface area contributed by atoms with Crippen molar-refractivity contribution >= 4 is 128 Å². The van der Waals surface area contributed by atoms with Crippen LogP contribution in [-0.2, 0) is 89.6 Å². The molecule has 14 amide bonds. The fraction of sp³-hybridized carbons (Fsp3) is 0.571. The first-order chi connectivity index (χ1) is 54.1. The normalized spacial score (nSPS) is 21.5. The molecule has 2 aromatic carbocycles. The highest BCUT2D eigenvalue weighted by atomic mass is 33.1. The van der Waals surface area contributed by atoms with E-state index >= 15 is 9.59 Å². The summed E-state index contributed by atoms with van der Waals surface area (Å²) in [6, 6.07) is -3.55. The van der Waals surface area contributed by atoms with Gasteiger partial charge >= 0.3 is 11.9 Å². The number of nitrogens with two attached hydrogens (primary N) is 6. The number of unbranched alkanes of at least 4 members (excludes halogenated alkanes) is 1. The number of hydrogen-bond acceptors (Lipinski definition) is 24. The summed E-state index contributed by atoms with van der Waals surface area (Å²) in [5.74, 6) is -21.3. The zero-order valence-electron chi connectivity index (χ0n) is 63.9. The highest BCUT2D eigenvalue weighted by molar-refractivity contribution is 8.76. The Balaban J connectivity index is 2.35. The van der Waals surface area contributed by atoms with Gasteiger partial charge in [-0.25, -0.2) is 4.79 Å². The van der Waals surface area contributed by atoms with Crippen molar-refractivity contribution in [3.05, 3.63) is 71.8 Å². The molecule has 42 nitrogen and oxygen atoms in total. The molecule has 114 heavy (non-hydrogen) atoms. The summed E-state index contributed by atoms with van der Waals surface area (Å²) in [4.78, 5) is 232. The van der Waals surface area contributed by atoms with E-state index in [1.807, 2.05) is 0 Å². The number of nitrogens with one attached hydrogen (secondary N) is 14. The molecule has 44 heteroatoms. The van der Waals surface area contributed by atoms with Crippen LogP contribution in [0.15, 0.2) is 70.6 Å². The molecule has 1 aliphatic rings. The number of nitrogens with zero attached hydrogens (tertiary/aromatic N) is 2. The van der Waals surface area contributed by atoms with Crippen LogP contribution in [0.1, 0.15) is 103 Å². The first-order valence-corrected chi connectivity index (χ1v) is 39.3. The maximum Gasteiger partial charge on any atom is 0.326 e. The van der Waals surface area contributed by atoms with E-state index in [0.717, 1.165) is 21.6 Å². The Labute approximate surface area is 666 Å². The minimum absolute atomic E-state index is 0.0334. The number of guanidine groups is 2. The van der Waals surface area contributed by atoms with Crippen molar-refractivity contribution in [1.82, 2.24) is 74.4 Å². The molecule has 0 aliphatic carbocycles. The van der Waals surface area contributed by atoms with Crippen molar-refractivity contribution < 1.29 is 97.1 Å². The molecule has 0 aromatic heterocycles. The number of amides is 14. The summed E-state index contributed by atoms with van der Waals surface area (Å²) in [7, 11) is 1.51. The third-order valence-corrected chi connectivity index (χ3v) is 20.1. The van der Waals surface area contributed by atoms with Crippen molar-refractivity contribution in [2.45, 2.75) is 177 Å². The van der Waals surface area contributed by atoms with Crippen LogP contribution in [0.3, 0.4) is 0 Å². The van der Waals surface area contributed by atoms with Crippen molar-refractivity contribution in [2.75, 3.05) is 64.0 Å². The Morgan fingerprint density at radius 2 is 1.01 bits per heavy atom. The van der Waals surface area contributed by atoms with Gasteiger partial charge in [-0.15, -0.1) is 0 Å². The number of carbonyl (C=O) groups excluding carboxylic acids is 14. The summed E-state index contributed by atoms with van der Waals surface area (Å²) in [6.45, 7) is 1.83. The standard InChI is InChI=1S/C70H110N22O20S2/c1-5-37(3)55-66(109)87-47(29-54(98)99)63(106)84-43(23-16-26-78-70(75)76)61(104)92-56(38(4)6-2)67(110)90-50(65(108)86-46(28-40-19-11-8-12-20-40)62(105)85-44(68(111)112)21-13-14-24-71)36-114-113-35-49(89-64(107)48(34-94)88-57(100)41(72)33-93)59(102)81-32-53(97)83-45(27-39-17-9-7-10-18-39)58(101)80-30-51(95)79-31-52(96)82-42(60(103)91-55)22-15-25-77-69(73)74/h7-12,17-20,37-38,41-50,55-56,93-94H,5-6,13-16,21-36,71-72H2,1-4H3,(H,79,95)(H,80,101)(H,81,102)(H,82,96)(H,83,97)(H,84,106)(H,85,105)(H,86,108)(H,87,109)(H,88,100)(H,89,107)(H,90,110)(H,91,103)(H,92,104)(H,98,99)(H,111,112)(H4,73,74,77)(H4,75,76,78)/t37-,38-,41-,42+,43-,44-,45+,46+,47+,48-,49-,50-,55-,56-/m0/s1. The summed E-state index contributed by atoms with van der Waals surface area (Å²) in [6.07, 6.45) is -1.27. The Morgan fingerprint density at radius 3 is 1.54 bits per heavy atom. The highest BCUT2D eigenvalue weighted by Crippen LogP contribution is 2.24. The molecule has 14 atom stereocenters. The van der Waals surface area contributed by atoms with E-state index in [4.69, 9.17) is 34.4 Å². The number of benzene rings is 2. The van der Waals surface area contributed by atoms with E-state index in [1.165, 1.54) is 13.8 Å². The number of aliphatic hydroxyl groups is 2. The molecule has 632 valence electrons. The molecule has 1 aliphatic heterocycles. The lowest BCUT2D eigenvalue weighted by molar-refractivity contribution is -0.142. The minimum Gasteiger partial charge on any atom is -0.481 e. The van der Waals surface area contributed by atoms with E-state index in [2.05, 4.69) is 84.4 Å². The van der Waals surface area contributed by atoms with Crippen LogP contribution < -0.4 is 109 Å². The Hall–Kier alpha value is -11.0. The van der Waals surface area contributed by atoms with E-state index < -0.39 is 230 Å². The topological polar surface area (TPSA) is 703 Å². The molecule has 1 fully saturated rings. The van der Waals surface area contributed by atoms with E-state index in [-0.39, 0.29) is 95.8 Å². The van der Waals surface area contributed by atoms with Gasteiger partial charge in [0.1, 0.15) is 72.5 Å². The Kier molecular flexibility index (Phi) is 44.7. The maximum atomic E-state index is 15.1. The Bertz CT molecular complexity index is 3620. The zero-order valence-corrected chi connectivity index (χ0v) is 65.5. The number of aliphatic imine (C=N–C) groups is 2. The molecule has 3 rings (SSSR count). The molecule has 30 N–H and O–H groups in total. The van der Waals surface area contributed by atoms with Gasteiger partial charge in [0.15, 0.2) is 11.9 Å². The van der Waals surface area contributed by atoms with Gasteiger partial charge in [-0.05, 0) is 74.5 Å². The van der Waals surface area contributed by atoms with E-state index in [1.54, 1.807) is 74.5 Å². The molecule has 0 saturated carbocycles. The minimum atomic E-state index is -2.01. The lowest BCUT2D eigenvalue weighted by Crippen LogP contribution is -2.62. The van der Waals surface area contributed by atoms with Gasteiger partial charge in [0.25, 0.3) is 0 Å². The van der Waals surface area contributed by atoms with Crippen LogP contribution in [0, 0.1) is 11.8 Å². The predicted molar refractivity (Wildman–Crippen MR) is 419 cm³/mol. The predicted octanol–water partition coefficient (Wildman–Crippen LogP) is -8.25. The number of rotatable bonds is 33. The van der Waals surface area contributed by atoms with Gasteiger partial charge < -0.3 is 129 Å². The smallest absolute Gasteiger partial charge is 0.326 e. The van der Waals surface area contributed by atoms with Crippen LogP contribution in [0.25, 0.3) is 0 Å². The van der Waals surface area contributed by atoms with Crippen molar-refractivity contribution in [3.8, 4) is 0 Å². The summed E-state index contributed by atoms with van der Waals surface area (Å²) in [5, 5.41) is 74.4. The van der Waals surface area contributed by atoms with Gasteiger partial charge in [0.05, 0.1) is 39.3 Å². The van der Waals surface area contributed by atoms with Crippen LogP contribution >= 0.6 is 21.6 Å². The van der Waals surface area contributed by atoms with Crippen LogP contribution in [-0.4, -0.2) is 263 Å². The van der Waals surface area contributed by atoms with Crippen molar-refractivity contribution in [1.29, 1.82) is 0 Å². The molecule has 0 unspecified atom stereocenters. The van der Waals surface area contributed by atoms with Gasteiger partial charge in [0, 0.05) is 37.4 Å². The lowest BCUT2D eigenvalue weighted by atomic mass is 9.96. The number of aliphatic carboxylic acids is 2. The molecule has 2 aromatic rings. The third-order valence-electron chi connectivity index (χ3n) is 17.6. The van der Waals surface area contributed by atoms with Crippen molar-refractivity contribution in [3.63, 3.8) is 0 Å². The van der Waals surface area contributed by atoms with Crippen molar-refractivity contribution in [2.24, 2.45) is 56.2 Å². The number of hydrogen-bond donors (Lipinski definition) is 24. The molecule has 0 spiro atoms. The summed E-state index contributed by atoms with van der Waals surface area (Å²) >= 11 is 0. The van der Waals surface area contributed by atoms with Gasteiger partial charge in [-0.1, -0.05) is 123 Å². The largest absolute Gasteiger partial charge is 0.481 e. The number of aliphatic hydroxyl groups excluding tert-OH is 2. The maximum absolute atomic E-state index is 15.1. The van der Waals surface area contributed by atoms with Crippen LogP contribution in [0.2, 0.25) is 0 Å². The number of carbonyl (C=O) groups is 16. The average Bonchev–Trinajstić information content (AvgIpc) is 0.849. The van der Waals surface area contributed by atoms with Gasteiger partial charge in [-0.2, -0.15) is 0 Å². The van der Waals surface area contributed by atoms with Crippen LogP contribution in [0.5, 0.6) is 0 Å². The average molecular weight is 1640 g/mol. The third kappa shape index (κ3) is 36.7. The van der Waals surface area contributed by atoms with Crippen LogP contribution in [0.4, 0.5) is 0 Å². The van der Waals surface area contributed by atoms with E-state index in [0.29, 0.717) is 17.5 Å². The molecule has 0 radical (unpaired) electrons. The van der Waals surface area contributed by atoms with E-state index in [9.17, 15) is 87.5 Å². The van der Waals surface area contributed by atoms with Gasteiger partial charge in [0.2, 0.25) is 82.7 Å². The molecule has 1 saturated heterocycles. The summed E-state index contributed by atoms with van der Waals surface area (Å²) < 4.78 is 0. The molecule has 1 heterocycles. The first kappa shape index (κ1) is 97.2. The molecular weight excluding hydrogens is 1530 g/mol. The fourth-order valence-electron chi connectivity index (χ4n) is 10.8. The monoisotopic (exact) mass is 1640 g/mol. The molecular formula is C70H110N22O20S2. The quantitative estimate of drug-likeness (QED) is 0.0137. The SMILES string of the molecule is CC[C@H](C)[C@@H]1NC(=O)[C@H](CCCN=C(N)N)NC(=O)[C@@H](CC(=O)O)NC(=O)[C@H]([C@@H](C)CC)NC(=O)[C@@H](CCCN=C(N)N)NC(=O)CNC(=O)CNC(=O)[C@@H](Cc2ccccc2)NC(=O)CNC(=O)[C@@H](NC(=O)[C@H](CO)NC(=O)[C@@H](N)CO)CSSC[C@@H](C(=O)N[C@H](Cc2ccccc2)C(=O)N[C@@H](CCCCN)C(=O)O)NC1=O. The lowest BCUT2D eigenvalue weighted by Gasteiger charge is -2.30. The second-order valence-corrected chi connectivity index (χ2v) is 29.2.